The standard InChI is InChI=1S/C25H23N5O3S/c1-14-7-15(2)9-19(8-14)30(25-29-20-5-3-4-6-21(20)34-25)13-22(31)28-18-11-16(23(26)32)10-17(12-18)24(27)33/h3-12H,13H2,1-2H3,(H2,26,32)(H2,27,33)(H,28,31). The molecule has 3 aromatic carbocycles. The quantitative estimate of drug-likeness (QED) is 0.375. The number of rotatable bonds is 7. The molecule has 0 spiro atoms. The van der Waals surface area contributed by atoms with Gasteiger partial charge < -0.3 is 21.7 Å². The van der Waals surface area contributed by atoms with Crippen LogP contribution in [0, 0.1) is 13.8 Å². The van der Waals surface area contributed by atoms with Gasteiger partial charge in [-0.1, -0.05) is 29.5 Å². The number of fused-ring (bicyclic) bond motifs is 1. The lowest BCUT2D eigenvalue weighted by Gasteiger charge is -2.22. The van der Waals surface area contributed by atoms with E-state index in [2.05, 4.69) is 11.4 Å². The van der Waals surface area contributed by atoms with Gasteiger partial charge in [0.05, 0.1) is 10.2 Å². The number of para-hydroxylation sites is 1. The van der Waals surface area contributed by atoms with Crippen molar-refractivity contribution >= 4 is 55.8 Å². The summed E-state index contributed by atoms with van der Waals surface area (Å²) < 4.78 is 1.01. The van der Waals surface area contributed by atoms with Gasteiger partial charge in [0.15, 0.2) is 5.13 Å². The van der Waals surface area contributed by atoms with Crippen LogP contribution in [0.5, 0.6) is 0 Å². The largest absolute Gasteiger partial charge is 0.366 e. The molecule has 34 heavy (non-hydrogen) atoms. The Labute approximate surface area is 200 Å². The van der Waals surface area contributed by atoms with Gasteiger partial charge in [0.25, 0.3) is 0 Å². The van der Waals surface area contributed by atoms with Gasteiger partial charge in [-0.05, 0) is 67.4 Å². The maximum Gasteiger partial charge on any atom is 0.248 e. The minimum atomic E-state index is -0.732. The van der Waals surface area contributed by atoms with Crippen LogP contribution in [0.3, 0.4) is 0 Å². The third-order valence-corrected chi connectivity index (χ3v) is 6.18. The number of primary amides is 2. The Hall–Kier alpha value is -4.24. The van der Waals surface area contributed by atoms with Crippen molar-refractivity contribution in [2.75, 3.05) is 16.8 Å². The average Bonchev–Trinajstić information content (AvgIpc) is 3.20. The molecule has 1 heterocycles. The van der Waals surface area contributed by atoms with Crippen LogP contribution in [0.15, 0.2) is 60.7 Å². The number of hydrogen-bond donors (Lipinski definition) is 3. The van der Waals surface area contributed by atoms with E-state index in [9.17, 15) is 14.4 Å². The summed E-state index contributed by atoms with van der Waals surface area (Å²) >= 11 is 1.49. The van der Waals surface area contributed by atoms with Gasteiger partial charge >= 0.3 is 0 Å². The lowest BCUT2D eigenvalue weighted by atomic mass is 10.1. The second-order valence-electron chi connectivity index (χ2n) is 7.97. The summed E-state index contributed by atoms with van der Waals surface area (Å²) in [6.45, 7) is 3.94. The summed E-state index contributed by atoms with van der Waals surface area (Å²) in [6.07, 6.45) is 0. The summed E-state index contributed by atoms with van der Waals surface area (Å²) in [5.41, 5.74) is 14.9. The van der Waals surface area contributed by atoms with Crippen molar-refractivity contribution < 1.29 is 14.4 Å². The summed E-state index contributed by atoms with van der Waals surface area (Å²) in [5, 5.41) is 3.42. The number of thiazole rings is 1. The number of nitrogens with two attached hydrogens (primary N) is 2. The number of nitrogens with zero attached hydrogens (tertiary/aromatic N) is 2. The van der Waals surface area contributed by atoms with Gasteiger partial charge in [0, 0.05) is 22.5 Å². The van der Waals surface area contributed by atoms with Crippen molar-refractivity contribution in [1.82, 2.24) is 4.98 Å². The molecule has 1 aromatic heterocycles. The van der Waals surface area contributed by atoms with E-state index < -0.39 is 11.8 Å². The molecule has 172 valence electrons. The van der Waals surface area contributed by atoms with Crippen LogP contribution >= 0.6 is 11.3 Å². The molecule has 5 N–H and O–H groups in total. The van der Waals surface area contributed by atoms with Crippen LogP contribution in [-0.4, -0.2) is 29.3 Å². The fourth-order valence-corrected chi connectivity index (χ4v) is 4.67. The first kappa shape index (κ1) is 22.9. The van der Waals surface area contributed by atoms with Crippen molar-refractivity contribution in [3.05, 3.63) is 82.9 Å². The van der Waals surface area contributed by atoms with Gasteiger partial charge in [-0.3, -0.25) is 14.4 Å². The number of carbonyl (C=O) groups is 3. The van der Waals surface area contributed by atoms with Crippen LogP contribution in [0.25, 0.3) is 10.2 Å². The SMILES string of the molecule is Cc1cc(C)cc(N(CC(=O)Nc2cc(C(N)=O)cc(C(N)=O)c2)c2nc3ccccc3s2)c1. The predicted octanol–water partition coefficient (Wildman–Crippen LogP) is 3.89. The van der Waals surface area contributed by atoms with Crippen LogP contribution < -0.4 is 21.7 Å². The Kier molecular flexibility index (Phi) is 6.29. The van der Waals surface area contributed by atoms with Gasteiger partial charge in [-0.15, -0.1) is 0 Å². The highest BCUT2D eigenvalue weighted by Crippen LogP contribution is 2.34. The Bertz CT molecular complexity index is 1340. The summed E-state index contributed by atoms with van der Waals surface area (Å²) in [4.78, 5) is 43.0. The Morgan fingerprint density at radius 3 is 2.12 bits per heavy atom. The minimum absolute atomic E-state index is 0.0462. The highest BCUT2D eigenvalue weighted by Gasteiger charge is 2.19. The molecule has 0 aliphatic heterocycles. The zero-order valence-corrected chi connectivity index (χ0v) is 19.5. The lowest BCUT2D eigenvalue weighted by molar-refractivity contribution is -0.114. The fourth-order valence-electron chi connectivity index (χ4n) is 3.68. The number of amides is 3. The zero-order chi connectivity index (χ0) is 24.4. The van der Waals surface area contributed by atoms with E-state index in [0.717, 1.165) is 27.0 Å². The molecular weight excluding hydrogens is 450 g/mol. The number of carbonyl (C=O) groups excluding carboxylic acids is 3. The van der Waals surface area contributed by atoms with Crippen molar-refractivity contribution in [1.29, 1.82) is 0 Å². The van der Waals surface area contributed by atoms with E-state index in [1.807, 2.05) is 55.1 Å². The van der Waals surface area contributed by atoms with E-state index in [1.54, 1.807) is 0 Å². The number of nitrogens with one attached hydrogen (secondary N) is 1. The molecule has 0 radical (unpaired) electrons. The first-order chi connectivity index (χ1) is 16.2. The molecule has 0 bridgehead atoms. The number of hydrogen-bond acceptors (Lipinski definition) is 6. The number of anilines is 3. The molecule has 0 aliphatic carbocycles. The Morgan fingerprint density at radius 2 is 1.53 bits per heavy atom. The highest BCUT2D eigenvalue weighted by molar-refractivity contribution is 7.22. The first-order valence-electron chi connectivity index (χ1n) is 10.5. The molecule has 0 saturated heterocycles. The zero-order valence-electron chi connectivity index (χ0n) is 18.7. The fraction of sp³-hybridized carbons (Fsp3) is 0.120. The summed E-state index contributed by atoms with van der Waals surface area (Å²) in [5.74, 6) is -1.83. The number of benzene rings is 3. The van der Waals surface area contributed by atoms with Crippen LogP contribution in [0.2, 0.25) is 0 Å². The van der Waals surface area contributed by atoms with E-state index in [4.69, 9.17) is 16.5 Å². The van der Waals surface area contributed by atoms with Crippen molar-refractivity contribution in [3.8, 4) is 0 Å². The molecule has 0 unspecified atom stereocenters. The van der Waals surface area contributed by atoms with Gasteiger partial charge in [-0.25, -0.2) is 4.98 Å². The topological polar surface area (TPSA) is 131 Å². The molecule has 4 aromatic rings. The predicted molar refractivity (Wildman–Crippen MR) is 135 cm³/mol. The number of aromatic nitrogens is 1. The molecule has 0 aliphatic rings. The summed E-state index contributed by atoms with van der Waals surface area (Å²) in [7, 11) is 0. The number of aryl methyl sites for hydroxylation is 2. The molecule has 9 heteroatoms. The molecule has 8 nitrogen and oxygen atoms in total. The average molecular weight is 474 g/mol. The maximum atomic E-state index is 13.1. The second-order valence-corrected chi connectivity index (χ2v) is 8.98. The molecule has 4 rings (SSSR count). The van der Waals surface area contributed by atoms with Crippen molar-refractivity contribution in [3.63, 3.8) is 0 Å². The van der Waals surface area contributed by atoms with Crippen molar-refractivity contribution in [2.45, 2.75) is 13.8 Å². The maximum absolute atomic E-state index is 13.1. The third-order valence-electron chi connectivity index (χ3n) is 5.12. The third kappa shape index (κ3) is 5.05. The molecule has 3 amide bonds. The van der Waals surface area contributed by atoms with Gasteiger partial charge in [0.2, 0.25) is 17.7 Å². The summed E-state index contributed by atoms with van der Waals surface area (Å²) in [6, 6.07) is 17.9. The van der Waals surface area contributed by atoms with E-state index >= 15 is 0 Å². The van der Waals surface area contributed by atoms with E-state index in [0.29, 0.717) is 5.13 Å². The van der Waals surface area contributed by atoms with Crippen LogP contribution in [0.4, 0.5) is 16.5 Å². The molecular formula is C25H23N5O3S. The molecule has 0 fully saturated rings. The first-order valence-corrected chi connectivity index (χ1v) is 11.3. The lowest BCUT2D eigenvalue weighted by Crippen LogP contribution is -2.30. The van der Waals surface area contributed by atoms with Gasteiger partial charge in [0.1, 0.15) is 6.54 Å². The molecule has 0 saturated carbocycles. The normalized spacial score (nSPS) is 10.8. The second kappa shape index (κ2) is 9.32. The smallest absolute Gasteiger partial charge is 0.248 e. The highest BCUT2D eigenvalue weighted by atomic mass is 32.1. The Morgan fingerprint density at radius 1 is 0.912 bits per heavy atom. The Balaban J connectivity index is 1.68. The van der Waals surface area contributed by atoms with E-state index in [-0.39, 0.29) is 29.3 Å². The minimum Gasteiger partial charge on any atom is -0.366 e. The van der Waals surface area contributed by atoms with E-state index in [1.165, 1.54) is 29.5 Å². The van der Waals surface area contributed by atoms with Crippen LogP contribution in [-0.2, 0) is 4.79 Å². The van der Waals surface area contributed by atoms with Gasteiger partial charge in [-0.2, -0.15) is 0 Å². The van der Waals surface area contributed by atoms with Crippen LogP contribution in [0.1, 0.15) is 31.8 Å². The van der Waals surface area contributed by atoms with Crippen molar-refractivity contribution in [2.24, 2.45) is 11.5 Å². The molecule has 0 atom stereocenters. The monoisotopic (exact) mass is 473 g/mol.